The molecule has 2 aromatic heterocycles. The number of nitriles is 1. The Hall–Kier alpha value is -3.81. The van der Waals surface area contributed by atoms with Crippen molar-refractivity contribution in [1.29, 1.82) is 5.26 Å². The normalized spacial score (nSPS) is 22.5. The minimum absolute atomic E-state index is 0.0320. The lowest BCUT2D eigenvalue weighted by Crippen LogP contribution is -2.40. The largest absolute Gasteiger partial charge is 0.377 e. The number of anilines is 2. The molecule has 0 spiro atoms. The van der Waals surface area contributed by atoms with E-state index < -0.39 is 37.3 Å². The van der Waals surface area contributed by atoms with Crippen LogP contribution in [0.25, 0.3) is 10.9 Å². The first-order chi connectivity index (χ1) is 21.8. The monoisotopic (exact) mass is 562 g/mol. The first-order valence-corrected chi connectivity index (χ1v) is 13.2. The van der Waals surface area contributed by atoms with Gasteiger partial charge in [-0.1, -0.05) is 54.9 Å². The average Bonchev–Trinajstić information content (AvgIpc) is 3.75. The van der Waals surface area contributed by atoms with Crippen LogP contribution < -0.4 is 21.6 Å². The van der Waals surface area contributed by atoms with Gasteiger partial charge in [0.2, 0.25) is 5.95 Å². The van der Waals surface area contributed by atoms with Gasteiger partial charge in [-0.3, -0.25) is 4.98 Å². The molecule has 10 heteroatoms. The van der Waals surface area contributed by atoms with Crippen molar-refractivity contribution in [3.8, 4) is 6.07 Å². The van der Waals surface area contributed by atoms with Gasteiger partial charge < -0.3 is 10.6 Å². The van der Waals surface area contributed by atoms with Crippen molar-refractivity contribution in [1.82, 2.24) is 25.9 Å². The summed E-state index contributed by atoms with van der Waals surface area (Å²) in [4.78, 5) is 8.15. The Bertz CT molecular complexity index is 1790. The number of halogens is 2. The van der Waals surface area contributed by atoms with Crippen molar-refractivity contribution in [2.45, 2.75) is 50.2 Å². The van der Waals surface area contributed by atoms with Crippen LogP contribution in [0, 0.1) is 17.3 Å². The van der Waals surface area contributed by atoms with Gasteiger partial charge in [0.25, 0.3) is 0 Å². The number of aromatic nitrogens is 2. The smallest absolute Gasteiger partial charge is 0.212 e. The third kappa shape index (κ3) is 5.44. The van der Waals surface area contributed by atoms with E-state index in [1.165, 1.54) is 24.5 Å². The van der Waals surface area contributed by atoms with Gasteiger partial charge in [0.15, 0.2) is 0 Å². The van der Waals surface area contributed by atoms with Crippen molar-refractivity contribution in [2.24, 2.45) is 0 Å². The molecule has 3 heterocycles. The molecule has 4 N–H and O–H groups in total. The van der Waals surface area contributed by atoms with Crippen LogP contribution in [0.5, 0.6) is 0 Å². The molecule has 2 aromatic carbocycles. The first-order valence-electron chi connectivity index (χ1n) is 15.8. The Kier molecular flexibility index (Phi) is 5.71. The molecule has 2 fully saturated rings. The number of hydrazine groups is 2. The van der Waals surface area contributed by atoms with Crippen LogP contribution in [0.2, 0.25) is 5.02 Å². The minimum atomic E-state index is -3.02. The van der Waals surface area contributed by atoms with Crippen molar-refractivity contribution in [2.75, 3.05) is 17.2 Å². The molecule has 204 valence electrons. The maximum absolute atomic E-state index is 13.8. The molecule has 3 atom stereocenters. The molecule has 1 saturated heterocycles. The summed E-state index contributed by atoms with van der Waals surface area (Å²) in [5.41, 5.74) is 7.81. The Morgan fingerprint density at radius 1 is 1.20 bits per heavy atom. The van der Waals surface area contributed by atoms with Crippen molar-refractivity contribution < 1.29 is 12.6 Å². The van der Waals surface area contributed by atoms with Crippen LogP contribution in [0.4, 0.5) is 15.8 Å². The molecule has 2 aliphatic rings. The zero-order valence-corrected chi connectivity index (χ0v) is 22.0. The highest BCUT2D eigenvalue weighted by Gasteiger charge is 2.38. The van der Waals surface area contributed by atoms with E-state index in [4.69, 9.17) is 18.5 Å². The zero-order chi connectivity index (χ0) is 32.9. The van der Waals surface area contributed by atoms with Crippen molar-refractivity contribution >= 4 is 33.9 Å². The van der Waals surface area contributed by atoms with Crippen LogP contribution in [-0.2, 0) is 0 Å². The van der Waals surface area contributed by atoms with Gasteiger partial charge in [-0.05, 0) is 48.5 Å². The summed E-state index contributed by atoms with van der Waals surface area (Å²) in [6, 6.07) is 13.0. The summed E-state index contributed by atoms with van der Waals surface area (Å²) in [5, 5.41) is 18.8. The van der Waals surface area contributed by atoms with E-state index in [9.17, 15) is 11.0 Å². The number of rotatable bonds is 9. The second-order valence-corrected chi connectivity index (χ2v) is 10.2. The van der Waals surface area contributed by atoms with E-state index in [1.54, 1.807) is 42.5 Å². The number of benzene rings is 2. The van der Waals surface area contributed by atoms with E-state index in [2.05, 4.69) is 37.6 Å². The van der Waals surface area contributed by atoms with E-state index in [0.29, 0.717) is 34.8 Å². The second-order valence-electron chi connectivity index (χ2n) is 9.75. The summed E-state index contributed by atoms with van der Waals surface area (Å²) >= 11 is 6.74. The molecular weight excluding hydrogens is 527 g/mol. The maximum Gasteiger partial charge on any atom is 0.212 e. The molecule has 4 aromatic rings. The Morgan fingerprint density at radius 2 is 2.05 bits per heavy atom. The molecule has 2 unspecified atom stereocenters. The highest BCUT2D eigenvalue weighted by Crippen LogP contribution is 2.37. The van der Waals surface area contributed by atoms with E-state index in [1.807, 2.05) is 5.01 Å². The highest BCUT2D eigenvalue weighted by molar-refractivity contribution is 6.35. The van der Waals surface area contributed by atoms with Gasteiger partial charge in [0.1, 0.15) is 6.07 Å². The average molecular weight is 563 g/mol. The molecular formula is C30H30ClFN8. The number of hydrogen-bond acceptors (Lipinski definition) is 8. The minimum Gasteiger partial charge on any atom is -0.377 e. The number of nitrogens with zero attached hydrogens (tertiary/aromatic N) is 4. The molecule has 1 aliphatic heterocycles. The van der Waals surface area contributed by atoms with Crippen molar-refractivity contribution in [3.63, 3.8) is 0 Å². The third-order valence-electron chi connectivity index (χ3n) is 7.03. The quantitative estimate of drug-likeness (QED) is 0.188. The molecule has 1 aliphatic carbocycles. The Balaban J connectivity index is 1.46. The van der Waals surface area contributed by atoms with E-state index in [-0.39, 0.29) is 21.8 Å². The van der Waals surface area contributed by atoms with Gasteiger partial charge in [0.05, 0.1) is 41.3 Å². The molecule has 6 rings (SSSR count). The number of pyridine rings is 2. The summed E-state index contributed by atoms with van der Waals surface area (Å²) < 4.78 is 64.7. The molecule has 0 amide bonds. The highest BCUT2D eigenvalue weighted by atomic mass is 35.5. The summed E-state index contributed by atoms with van der Waals surface area (Å²) in [6.07, 6.45) is 1.88. The van der Waals surface area contributed by atoms with E-state index >= 15 is 0 Å². The van der Waals surface area contributed by atoms with Gasteiger partial charge in [-0.25, -0.2) is 15.4 Å². The maximum atomic E-state index is 13.8. The van der Waals surface area contributed by atoms with Gasteiger partial charge >= 0.3 is 0 Å². The third-order valence-corrected chi connectivity index (χ3v) is 7.31. The van der Waals surface area contributed by atoms with Crippen LogP contribution in [0.15, 0.2) is 67.0 Å². The molecule has 1 saturated carbocycles. The van der Waals surface area contributed by atoms with Crippen LogP contribution >= 0.6 is 11.6 Å². The van der Waals surface area contributed by atoms with Crippen LogP contribution in [-0.4, -0.2) is 33.6 Å². The standard InChI is InChI=1S/C30H30ClFN8/c1-2-25(18-6-4-3-5-7-18)37-28-20(14-33)16-35-30-23(28)12-21(13-24(30)31)36-29(19-8-11-27(32)34-15-19)26-17-40(39-38-26)22-9-10-22/h3-8,11-13,15-16,22,25-26,29,36,38-39H,2,9-10,17H2,1H3,(H,35,37)/t25-,26?,29?/m1/s1/i1D3,2D2,29D. The lowest BCUT2D eigenvalue weighted by Gasteiger charge is -2.26. The fourth-order valence-corrected chi connectivity index (χ4v) is 5.12. The Labute approximate surface area is 245 Å². The topological polar surface area (TPSA) is 101 Å². The predicted octanol–water partition coefficient (Wildman–Crippen LogP) is 5.87. The number of fused-ring (bicyclic) bond motifs is 1. The van der Waals surface area contributed by atoms with Gasteiger partial charge in [0, 0.05) is 42.9 Å². The summed E-state index contributed by atoms with van der Waals surface area (Å²) in [6.45, 7) is -2.57. The lowest BCUT2D eigenvalue weighted by molar-refractivity contribution is 0.222. The SMILES string of the molecule is [2H]C(Nc1cc(Cl)c2ncc(C#N)c(N[C@@H](c3ccccc3)C([2H])([2H])C([2H])([2H])[2H])c2c1)(c1ccc(F)nc1)C1CN(C2CC2)NN1. The second kappa shape index (κ2) is 11.4. The summed E-state index contributed by atoms with van der Waals surface area (Å²) in [5.74, 6) is -0.687. The molecule has 0 radical (unpaired) electrons. The van der Waals surface area contributed by atoms with Gasteiger partial charge in [-0.2, -0.15) is 15.2 Å². The summed E-state index contributed by atoms with van der Waals surface area (Å²) in [7, 11) is 0. The molecule has 40 heavy (non-hydrogen) atoms. The first kappa shape index (κ1) is 20.1. The van der Waals surface area contributed by atoms with Crippen LogP contribution in [0.3, 0.4) is 0 Å². The molecule has 8 nitrogen and oxygen atoms in total. The lowest BCUT2D eigenvalue weighted by atomic mass is 10.00. The van der Waals surface area contributed by atoms with Gasteiger partial charge in [-0.15, -0.1) is 0 Å². The number of hydrogen-bond donors (Lipinski definition) is 4. The Morgan fingerprint density at radius 3 is 2.77 bits per heavy atom. The number of nitrogens with one attached hydrogen (secondary N) is 4. The fourth-order valence-electron chi connectivity index (χ4n) is 4.85. The zero-order valence-electron chi connectivity index (χ0n) is 27.2. The fraction of sp³-hybridized carbons (Fsp3) is 0.300. The predicted molar refractivity (Wildman–Crippen MR) is 155 cm³/mol. The van der Waals surface area contributed by atoms with Crippen molar-refractivity contribution in [3.05, 3.63) is 94.7 Å². The molecule has 0 bridgehead atoms. The van der Waals surface area contributed by atoms with Crippen LogP contribution in [0.1, 0.15) is 63.0 Å². The van der Waals surface area contributed by atoms with E-state index in [0.717, 1.165) is 12.8 Å².